The smallest absolute Gasteiger partial charge is 0.295 e. The number of hydrogen-bond acceptors (Lipinski definition) is 8. The minimum atomic E-state index is -0.765. The number of carbonyl (C=O) groups is 2. The zero-order valence-electron chi connectivity index (χ0n) is 20.2. The predicted octanol–water partition coefficient (Wildman–Crippen LogP) is 2.47. The van der Waals surface area contributed by atoms with Gasteiger partial charge >= 0.3 is 0 Å². The van der Waals surface area contributed by atoms with Crippen LogP contribution in [0.4, 0.5) is 0 Å². The molecule has 2 aromatic rings. The van der Waals surface area contributed by atoms with Crippen molar-refractivity contribution >= 4 is 17.4 Å². The van der Waals surface area contributed by atoms with Gasteiger partial charge in [-0.1, -0.05) is 12.1 Å². The molecule has 9 heteroatoms. The predicted molar refractivity (Wildman–Crippen MR) is 129 cm³/mol. The number of Topliss-reactive ketones (excluding diaryl/α,β-unsaturated/α-hetero) is 1. The maximum Gasteiger partial charge on any atom is 0.295 e. The van der Waals surface area contributed by atoms with E-state index in [9.17, 15) is 14.7 Å². The topological polar surface area (TPSA) is 97.8 Å². The number of amides is 1. The van der Waals surface area contributed by atoms with Crippen LogP contribution < -0.4 is 14.2 Å². The molecule has 0 saturated carbocycles. The molecule has 0 spiro atoms. The van der Waals surface area contributed by atoms with E-state index in [1.54, 1.807) is 43.5 Å². The molecule has 0 unspecified atom stereocenters. The lowest BCUT2D eigenvalue weighted by molar-refractivity contribution is -0.140. The molecule has 2 heterocycles. The molecule has 2 fully saturated rings. The fraction of sp³-hybridized carbons (Fsp3) is 0.385. The van der Waals surface area contributed by atoms with Crippen molar-refractivity contribution in [1.82, 2.24) is 9.80 Å². The van der Waals surface area contributed by atoms with Crippen LogP contribution in [-0.4, -0.2) is 87.3 Å². The second-order valence-electron chi connectivity index (χ2n) is 8.29. The summed E-state index contributed by atoms with van der Waals surface area (Å²) in [7, 11) is 4.56. The summed E-state index contributed by atoms with van der Waals surface area (Å²) in [6, 6.07) is 11.3. The van der Waals surface area contributed by atoms with Crippen LogP contribution in [0.2, 0.25) is 0 Å². The normalized spacial score (nSPS) is 20.2. The Morgan fingerprint density at radius 1 is 0.971 bits per heavy atom. The first kappa shape index (κ1) is 24.6. The van der Waals surface area contributed by atoms with Crippen LogP contribution in [0, 0.1) is 0 Å². The molecule has 0 radical (unpaired) electrons. The summed E-state index contributed by atoms with van der Waals surface area (Å²) in [4.78, 5) is 30.2. The number of ether oxygens (including phenoxy) is 4. The highest BCUT2D eigenvalue weighted by Gasteiger charge is 2.46. The zero-order chi connectivity index (χ0) is 24.9. The van der Waals surface area contributed by atoms with E-state index in [4.69, 9.17) is 18.9 Å². The highest BCUT2D eigenvalue weighted by molar-refractivity contribution is 6.46. The number of methoxy groups -OCH3 is 3. The van der Waals surface area contributed by atoms with Crippen LogP contribution in [0.15, 0.2) is 48.0 Å². The van der Waals surface area contributed by atoms with Gasteiger partial charge in [-0.2, -0.15) is 0 Å². The van der Waals surface area contributed by atoms with E-state index >= 15 is 0 Å². The Morgan fingerprint density at radius 3 is 2.40 bits per heavy atom. The highest BCUT2D eigenvalue weighted by Crippen LogP contribution is 2.41. The second-order valence-corrected chi connectivity index (χ2v) is 8.29. The van der Waals surface area contributed by atoms with Gasteiger partial charge < -0.3 is 29.0 Å². The van der Waals surface area contributed by atoms with Crippen LogP contribution in [0.3, 0.4) is 0 Å². The lowest BCUT2D eigenvalue weighted by Gasteiger charge is -2.31. The van der Waals surface area contributed by atoms with Gasteiger partial charge in [-0.15, -0.1) is 0 Å². The molecule has 2 saturated heterocycles. The minimum absolute atomic E-state index is 0.0254. The Balaban J connectivity index is 1.77. The Hall–Kier alpha value is -3.56. The number of aliphatic hydroxyl groups excluding tert-OH is 1. The van der Waals surface area contributed by atoms with E-state index < -0.39 is 17.7 Å². The molecule has 35 heavy (non-hydrogen) atoms. The first-order valence-electron chi connectivity index (χ1n) is 11.4. The van der Waals surface area contributed by atoms with Crippen molar-refractivity contribution in [3.05, 3.63) is 59.2 Å². The second kappa shape index (κ2) is 10.8. The Labute approximate surface area is 204 Å². The van der Waals surface area contributed by atoms with Crippen LogP contribution in [0.5, 0.6) is 17.2 Å². The fourth-order valence-corrected chi connectivity index (χ4v) is 4.48. The maximum absolute atomic E-state index is 13.3. The van der Waals surface area contributed by atoms with E-state index in [0.29, 0.717) is 54.7 Å². The van der Waals surface area contributed by atoms with Crippen LogP contribution in [0.1, 0.15) is 17.2 Å². The number of aliphatic hydroxyl groups is 1. The lowest BCUT2D eigenvalue weighted by Crippen LogP contribution is -2.42. The standard InChI is InChI=1S/C26H30N2O7/c1-32-19-6-4-5-17(15-19)23-22(24(29)18-7-8-20(33-2)21(16-18)34-3)25(30)26(31)28(23)10-9-27-11-13-35-14-12-27/h4-8,15-16,23,29H,9-14H2,1-3H3/b24-22+/t23-/m0/s1. The van der Waals surface area contributed by atoms with Crippen molar-refractivity contribution in [2.45, 2.75) is 6.04 Å². The molecular weight excluding hydrogens is 452 g/mol. The van der Waals surface area contributed by atoms with Crippen LogP contribution in [0.25, 0.3) is 5.76 Å². The lowest BCUT2D eigenvalue weighted by atomic mass is 9.95. The van der Waals surface area contributed by atoms with Crippen molar-refractivity contribution < 1.29 is 33.6 Å². The molecule has 9 nitrogen and oxygen atoms in total. The molecule has 0 aromatic heterocycles. The summed E-state index contributed by atoms with van der Waals surface area (Å²) in [6.45, 7) is 3.72. The van der Waals surface area contributed by atoms with Crippen molar-refractivity contribution in [3.63, 3.8) is 0 Å². The number of ketones is 1. The molecule has 2 aromatic carbocycles. The summed E-state index contributed by atoms with van der Waals surface area (Å²) in [5, 5.41) is 11.3. The summed E-state index contributed by atoms with van der Waals surface area (Å²) < 4.78 is 21.4. The van der Waals surface area contributed by atoms with Crippen molar-refractivity contribution in [2.24, 2.45) is 0 Å². The van der Waals surface area contributed by atoms with E-state index in [0.717, 1.165) is 13.1 Å². The van der Waals surface area contributed by atoms with Gasteiger partial charge in [0.2, 0.25) is 0 Å². The van der Waals surface area contributed by atoms with E-state index in [2.05, 4.69) is 4.90 Å². The Kier molecular flexibility index (Phi) is 7.57. The van der Waals surface area contributed by atoms with Crippen molar-refractivity contribution in [2.75, 3.05) is 60.7 Å². The largest absolute Gasteiger partial charge is 0.507 e. The monoisotopic (exact) mass is 482 g/mol. The van der Waals surface area contributed by atoms with Crippen molar-refractivity contribution in [1.29, 1.82) is 0 Å². The Morgan fingerprint density at radius 2 is 1.71 bits per heavy atom. The number of hydrogen-bond donors (Lipinski definition) is 1. The van der Waals surface area contributed by atoms with Crippen LogP contribution >= 0.6 is 0 Å². The van der Waals surface area contributed by atoms with Crippen LogP contribution in [-0.2, 0) is 14.3 Å². The maximum atomic E-state index is 13.3. The van der Waals surface area contributed by atoms with Gasteiger partial charge in [0, 0.05) is 31.7 Å². The number of carbonyl (C=O) groups excluding carboxylic acids is 2. The highest BCUT2D eigenvalue weighted by atomic mass is 16.5. The first-order valence-corrected chi connectivity index (χ1v) is 11.4. The summed E-state index contributed by atoms with van der Waals surface area (Å²) in [5.74, 6) is -0.172. The van der Waals surface area contributed by atoms with Gasteiger partial charge in [-0.25, -0.2) is 0 Å². The average molecular weight is 483 g/mol. The quantitative estimate of drug-likeness (QED) is 0.348. The average Bonchev–Trinajstić information content (AvgIpc) is 3.16. The third-order valence-corrected chi connectivity index (χ3v) is 6.37. The van der Waals surface area contributed by atoms with Gasteiger partial charge in [-0.05, 0) is 35.9 Å². The van der Waals surface area contributed by atoms with Gasteiger partial charge in [0.1, 0.15) is 11.5 Å². The minimum Gasteiger partial charge on any atom is -0.507 e. The summed E-state index contributed by atoms with van der Waals surface area (Å²) in [6.07, 6.45) is 0. The number of nitrogens with zero attached hydrogens (tertiary/aromatic N) is 2. The molecule has 186 valence electrons. The molecule has 1 amide bonds. The first-order chi connectivity index (χ1) is 17.0. The van der Waals surface area contributed by atoms with Crippen molar-refractivity contribution in [3.8, 4) is 17.2 Å². The van der Waals surface area contributed by atoms with Gasteiger partial charge in [0.25, 0.3) is 11.7 Å². The van der Waals surface area contributed by atoms with E-state index in [1.165, 1.54) is 19.1 Å². The molecule has 4 rings (SSSR count). The zero-order valence-corrected chi connectivity index (χ0v) is 20.2. The van der Waals surface area contributed by atoms with Gasteiger partial charge in [0.05, 0.1) is 46.2 Å². The molecule has 0 bridgehead atoms. The molecule has 2 aliphatic heterocycles. The SMILES string of the molecule is COc1cccc([C@H]2/C(=C(\O)c3ccc(OC)c(OC)c3)C(=O)C(=O)N2CCN2CCOCC2)c1. The van der Waals surface area contributed by atoms with E-state index in [1.807, 2.05) is 6.07 Å². The summed E-state index contributed by atoms with van der Waals surface area (Å²) >= 11 is 0. The third kappa shape index (κ3) is 4.96. The number of likely N-dealkylation sites (tertiary alicyclic amines) is 1. The molecule has 1 N–H and O–H groups in total. The van der Waals surface area contributed by atoms with Gasteiger partial charge in [-0.3, -0.25) is 14.5 Å². The number of rotatable bonds is 8. The molecular formula is C26H30N2O7. The fourth-order valence-electron chi connectivity index (χ4n) is 4.48. The molecule has 2 aliphatic rings. The van der Waals surface area contributed by atoms with Gasteiger partial charge in [0.15, 0.2) is 11.5 Å². The Bertz CT molecular complexity index is 1120. The molecule has 1 atom stereocenters. The summed E-state index contributed by atoms with van der Waals surface area (Å²) in [5.41, 5.74) is 1.05. The third-order valence-electron chi connectivity index (χ3n) is 6.37. The van der Waals surface area contributed by atoms with E-state index in [-0.39, 0.29) is 11.3 Å². The number of morpholine rings is 1. The number of benzene rings is 2. The molecule has 0 aliphatic carbocycles.